The van der Waals surface area contributed by atoms with Crippen LogP contribution in [-0.2, 0) is 17.6 Å². The molecular formula is C19H30OS. The molecule has 0 saturated heterocycles. The topological polar surface area (TPSA) is 9.23 Å². The fourth-order valence-electron chi connectivity index (χ4n) is 3.02. The molecule has 0 N–H and O–H groups in total. The van der Waals surface area contributed by atoms with Gasteiger partial charge in [0, 0.05) is 16.4 Å². The van der Waals surface area contributed by atoms with E-state index in [1.165, 1.54) is 49.0 Å². The zero-order valence-electron chi connectivity index (χ0n) is 14.1. The maximum Gasteiger partial charge on any atom is 0.0760 e. The van der Waals surface area contributed by atoms with E-state index in [4.69, 9.17) is 4.74 Å². The van der Waals surface area contributed by atoms with Crippen molar-refractivity contribution in [2.75, 3.05) is 6.61 Å². The molecule has 2 heteroatoms. The van der Waals surface area contributed by atoms with E-state index in [2.05, 4.69) is 39.8 Å². The molecule has 0 spiro atoms. The van der Waals surface area contributed by atoms with Gasteiger partial charge in [-0.15, -0.1) is 11.3 Å². The van der Waals surface area contributed by atoms with Gasteiger partial charge in [-0.1, -0.05) is 33.6 Å². The molecular weight excluding hydrogens is 276 g/mol. The van der Waals surface area contributed by atoms with Crippen molar-refractivity contribution < 1.29 is 4.74 Å². The highest BCUT2D eigenvalue weighted by atomic mass is 32.1. The van der Waals surface area contributed by atoms with E-state index in [9.17, 15) is 0 Å². The lowest BCUT2D eigenvalue weighted by molar-refractivity contribution is 0.0615. The first-order valence-corrected chi connectivity index (χ1v) is 9.39. The molecule has 21 heavy (non-hydrogen) atoms. The number of aryl methyl sites for hydroxylation is 2. The predicted molar refractivity (Wildman–Crippen MR) is 94.1 cm³/mol. The Hall–Kier alpha value is -0.600. The van der Waals surface area contributed by atoms with Gasteiger partial charge in [-0.05, 0) is 61.8 Å². The monoisotopic (exact) mass is 306 g/mol. The molecule has 1 aliphatic rings. The fourth-order valence-corrected chi connectivity index (χ4v) is 4.31. The molecule has 0 radical (unpaired) electrons. The minimum absolute atomic E-state index is 0.272. The molecule has 0 aliphatic heterocycles. The first-order valence-electron chi connectivity index (χ1n) is 8.57. The summed E-state index contributed by atoms with van der Waals surface area (Å²) in [5, 5.41) is 0. The van der Waals surface area contributed by atoms with Gasteiger partial charge < -0.3 is 4.74 Å². The van der Waals surface area contributed by atoms with Crippen molar-refractivity contribution >= 4 is 17.4 Å². The third-order valence-corrected chi connectivity index (χ3v) is 5.51. The van der Waals surface area contributed by atoms with Crippen molar-refractivity contribution in [2.45, 2.75) is 72.3 Å². The van der Waals surface area contributed by atoms with Crippen LogP contribution in [-0.4, -0.2) is 12.7 Å². The molecule has 2 rings (SSSR count). The summed E-state index contributed by atoms with van der Waals surface area (Å²) in [4.78, 5) is 3.03. The molecule has 2 unspecified atom stereocenters. The summed E-state index contributed by atoms with van der Waals surface area (Å²) in [6, 6.07) is 2.42. The van der Waals surface area contributed by atoms with Gasteiger partial charge in [0.05, 0.1) is 6.10 Å². The Labute approximate surface area is 134 Å². The number of rotatable bonds is 8. The average molecular weight is 307 g/mol. The summed E-state index contributed by atoms with van der Waals surface area (Å²) in [5.74, 6) is 0.676. The minimum atomic E-state index is 0.272. The van der Waals surface area contributed by atoms with Crippen LogP contribution in [0.4, 0.5) is 0 Å². The lowest BCUT2D eigenvalue weighted by Crippen LogP contribution is -2.18. The fraction of sp³-hybridized carbons (Fsp3) is 0.684. The quantitative estimate of drug-likeness (QED) is 0.583. The molecule has 1 aromatic heterocycles. The van der Waals surface area contributed by atoms with Crippen LogP contribution in [0.15, 0.2) is 11.6 Å². The largest absolute Gasteiger partial charge is 0.374 e. The third-order valence-electron chi connectivity index (χ3n) is 4.32. The Morgan fingerprint density at radius 3 is 2.71 bits per heavy atom. The number of fused-ring (bicyclic) bond motifs is 1. The van der Waals surface area contributed by atoms with Crippen LogP contribution in [0.25, 0.3) is 6.08 Å². The molecule has 118 valence electrons. The maximum atomic E-state index is 6.10. The first kappa shape index (κ1) is 16.8. The van der Waals surface area contributed by atoms with Crippen LogP contribution < -0.4 is 0 Å². The smallest absolute Gasteiger partial charge is 0.0760 e. The van der Waals surface area contributed by atoms with Gasteiger partial charge in [0.1, 0.15) is 0 Å². The van der Waals surface area contributed by atoms with Crippen LogP contribution in [0, 0.1) is 5.92 Å². The summed E-state index contributed by atoms with van der Waals surface area (Å²) in [6.07, 6.45) is 10.0. The van der Waals surface area contributed by atoms with E-state index in [0.717, 1.165) is 6.61 Å². The van der Waals surface area contributed by atoms with Gasteiger partial charge in [0.15, 0.2) is 0 Å². The van der Waals surface area contributed by atoms with E-state index in [0.29, 0.717) is 5.92 Å². The lowest BCUT2D eigenvalue weighted by atomic mass is 9.95. The van der Waals surface area contributed by atoms with E-state index in [1.54, 1.807) is 10.4 Å². The number of hydrogen-bond acceptors (Lipinski definition) is 2. The van der Waals surface area contributed by atoms with Gasteiger partial charge in [-0.25, -0.2) is 0 Å². The Bertz CT molecular complexity index is 472. The van der Waals surface area contributed by atoms with Crippen molar-refractivity contribution in [1.82, 2.24) is 0 Å². The standard InChI is InChI=1S/C19H30OS/c1-5-7-14(3)13-20-15(4)16-9-10-17-11-18(8-6-2)21-19(17)12-16/h11-12,14-15H,5-10,13H2,1-4H3. The normalized spacial score (nSPS) is 17.2. The average Bonchev–Trinajstić information content (AvgIpc) is 2.86. The first-order chi connectivity index (χ1) is 10.1. The Morgan fingerprint density at radius 1 is 1.19 bits per heavy atom. The zero-order valence-corrected chi connectivity index (χ0v) is 14.9. The maximum absolute atomic E-state index is 6.10. The summed E-state index contributed by atoms with van der Waals surface area (Å²) >= 11 is 1.98. The Balaban J connectivity index is 1.95. The van der Waals surface area contributed by atoms with Crippen molar-refractivity contribution in [3.63, 3.8) is 0 Å². The van der Waals surface area contributed by atoms with Gasteiger partial charge >= 0.3 is 0 Å². The SMILES string of the molecule is CCCc1cc2c(s1)C=C(C(C)OCC(C)CCC)CC2. The molecule has 0 fully saturated rings. The third kappa shape index (κ3) is 4.69. The number of hydrogen-bond donors (Lipinski definition) is 0. The number of ether oxygens (including phenoxy) is 1. The molecule has 1 aliphatic carbocycles. The molecule has 2 atom stereocenters. The van der Waals surface area contributed by atoms with Gasteiger partial charge in [0.2, 0.25) is 0 Å². The highest BCUT2D eigenvalue weighted by Crippen LogP contribution is 2.33. The van der Waals surface area contributed by atoms with Gasteiger partial charge in [0.25, 0.3) is 0 Å². The van der Waals surface area contributed by atoms with Crippen LogP contribution in [0.3, 0.4) is 0 Å². The van der Waals surface area contributed by atoms with Crippen molar-refractivity contribution in [3.8, 4) is 0 Å². The highest BCUT2D eigenvalue weighted by molar-refractivity contribution is 7.13. The highest BCUT2D eigenvalue weighted by Gasteiger charge is 2.18. The van der Waals surface area contributed by atoms with Crippen LogP contribution in [0.1, 0.15) is 68.7 Å². The van der Waals surface area contributed by atoms with Crippen molar-refractivity contribution in [1.29, 1.82) is 0 Å². The van der Waals surface area contributed by atoms with Crippen molar-refractivity contribution in [2.24, 2.45) is 5.92 Å². The molecule has 0 amide bonds. The lowest BCUT2D eigenvalue weighted by Gasteiger charge is -2.22. The Kier molecular flexibility index (Phi) is 6.50. The summed E-state index contributed by atoms with van der Waals surface area (Å²) < 4.78 is 6.10. The van der Waals surface area contributed by atoms with Gasteiger partial charge in [-0.3, -0.25) is 0 Å². The second-order valence-corrected chi connectivity index (χ2v) is 7.61. The summed E-state index contributed by atoms with van der Waals surface area (Å²) in [5.41, 5.74) is 3.04. The van der Waals surface area contributed by atoms with Crippen molar-refractivity contribution in [3.05, 3.63) is 27.0 Å². The second-order valence-electron chi connectivity index (χ2n) is 6.44. The van der Waals surface area contributed by atoms with Crippen LogP contribution in [0.5, 0.6) is 0 Å². The summed E-state index contributed by atoms with van der Waals surface area (Å²) in [6.45, 7) is 9.91. The van der Waals surface area contributed by atoms with E-state index < -0.39 is 0 Å². The second kappa shape index (κ2) is 8.14. The van der Waals surface area contributed by atoms with Crippen LogP contribution >= 0.6 is 11.3 Å². The molecule has 1 heterocycles. The van der Waals surface area contributed by atoms with E-state index in [-0.39, 0.29) is 6.10 Å². The zero-order chi connectivity index (χ0) is 15.2. The summed E-state index contributed by atoms with van der Waals surface area (Å²) in [7, 11) is 0. The molecule has 0 bridgehead atoms. The van der Waals surface area contributed by atoms with E-state index in [1.807, 2.05) is 11.3 Å². The minimum Gasteiger partial charge on any atom is -0.374 e. The van der Waals surface area contributed by atoms with Crippen LogP contribution in [0.2, 0.25) is 0 Å². The number of thiophene rings is 1. The Morgan fingerprint density at radius 2 is 2.00 bits per heavy atom. The predicted octanol–water partition coefficient (Wildman–Crippen LogP) is 5.87. The molecule has 1 aromatic rings. The van der Waals surface area contributed by atoms with E-state index >= 15 is 0 Å². The molecule has 1 nitrogen and oxygen atoms in total. The molecule has 0 aromatic carbocycles. The molecule has 0 saturated carbocycles. The van der Waals surface area contributed by atoms with Gasteiger partial charge in [-0.2, -0.15) is 0 Å².